The maximum Gasteiger partial charge on any atom is 0.224 e. The van der Waals surface area contributed by atoms with E-state index in [-0.39, 0.29) is 5.91 Å². The Labute approximate surface area is 67.7 Å². The van der Waals surface area contributed by atoms with E-state index in [0.717, 1.165) is 25.0 Å². The summed E-state index contributed by atoms with van der Waals surface area (Å²) in [7, 11) is 0. The summed E-state index contributed by atoms with van der Waals surface area (Å²) in [6, 6.07) is 0. The van der Waals surface area contributed by atoms with E-state index in [1.807, 2.05) is 0 Å². The molecule has 0 aromatic heterocycles. The maximum atomic E-state index is 10.9. The summed E-state index contributed by atoms with van der Waals surface area (Å²) < 4.78 is 0. The predicted molar refractivity (Wildman–Crippen MR) is 45.0 cm³/mol. The zero-order valence-electron chi connectivity index (χ0n) is 7.24. The lowest BCUT2D eigenvalue weighted by atomic mass is 10.00. The molecule has 0 atom stereocenters. The number of rotatable bonds is 2. The Morgan fingerprint density at radius 1 is 1.27 bits per heavy atom. The quantitative estimate of drug-likeness (QED) is 0.645. The summed E-state index contributed by atoms with van der Waals surface area (Å²) in [6.45, 7) is 4.22. The van der Waals surface area contributed by atoms with Gasteiger partial charge in [-0.25, -0.2) is 0 Å². The summed E-state index contributed by atoms with van der Waals surface area (Å²) in [5.41, 5.74) is 2.58. The Hall–Kier alpha value is -0.790. The lowest BCUT2D eigenvalue weighted by Gasteiger charge is -2.19. The highest BCUT2D eigenvalue weighted by atomic mass is 16.1. The Morgan fingerprint density at radius 2 is 2.00 bits per heavy atom. The normalized spacial score (nSPS) is 18.5. The van der Waals surface area contributed by atoms with Crippen LogP contribution in [0.4, 0.5) is 0 Å². The molecule has 2 nitrogen and oxygen atoms in total. The molecule has 1 N–H and O–H groups in total. The van der Waals surface area contributed by atoms with Gasteiger partial charge in [0, 0.05) is 12.1 Å². The molecule has 62 valence electrons. The minimum absolute atomic E-state index is 0.180. The van der Waals surface area contributed by atoms with Crippen molar-refractivity contribution in [1.29, 1.82) is 0 Å². The van der Waals surface area contributed by atoms with E-state index in [0.29, 0.717) is 6.42 Å². The second-order valence-electron chi connectivity index (χ2n) is 2.84. The third-order valence-electron chi connectivity index (χ3n) is 2.15. The molecule has 11 heavy (non-hydrogen) atoms. The third-order valence-corrected chi connectivity index (χ3v) is 2.15. The number of carbonyl (C=O) groups excluding carboxylic acids is 1. The summed E-state index contributed by atoms with van der Waals surface area (Å²) in [5.74, 6) is 0.180. The van der Waals surface area contributed by atoms with Gasteiger partial charge in [-0.1, -0.05) is 19.4 Å². The standard InChI is InChI=1S/C9H15NO/c1-3-7-5-6-9(11)10-8(7)4-2/h3-6H2,1-2H3,(H,10,11). The highest BCUT2D eigenvalue weighted by Gasteiger charge is 2.14. The zero-order chi connectivity index (χ0) is 8.27. The minimum Gasteiger partial charge on any atom is -0.330 e. The van der Waals surface area contributed by atoms with Crippen LogP contribution in [0.3, 0.4) is 0 Å². The first-order chi connectivity index (χ1) is 5.27. The molecule has 1 heterocycles. The fraction of sp³-hybridized carbons (Fsp3) is 0.667. The number of carbonyl (C=O) groups is 1. The fourth-order valence-electron chi connectivity index (χ4n) is 1.46. The molecule has 0 radical (unpaired) electrons. The van der Waals surface area contributed by atoms with Gasteiger partial charge in [-0.05, 0) is 19.3 Å². The van der Waals surface area contributed by atoms with Crippen LogP contribution in [0, 0.1) is 0 Å². The first-order valence-electron chi connectivity index (χ1n) is 4.28. The average molecular weight is 153 g/mol. The molecular weight excluding hydrogens is 138 g/mol. The molecule has 0 aromatic carbocycles. The zero-order valence-corrected chi connectivity index (χ0v) is 7.24. The molecule has 0 fully saturated rings. The summed E-state index contributed by atoms with van der Waals surface area (Å²) >= 11 is 0. The van der Waals surface area contributed by atoms with Crippen molar-refractivity contribution in [3.8, 4) is 0 Å². The van der Waals surface area contributed by atoms with Crippen molar-refractivity contribution in [2.24, 2.45) is 0 Å². The molecule has 0 saturated carbocycles. The highest BCUT2D eigenvalue weighted by Crippen LogP contribution is 2.19. The van der Waals surface area contributed by atoms with Gasteiger partial charge in [-0.2, -0.15) is 0 Å². The first-order valence-corrected chi connectivity index (χ1v) is 4.28. The van der Waals surface area contributed by atoms with Crippen LogP contribution in [0.5, 0.6) is 0 Å². The molecule has 1 aliphatic rings. The minimum atomic E-state index is 0.180. The second kappa shape index (κ2) is 3.56. The van der Waals surface area contributed by atoms with Crippen LogP contribution in [0.2, 0.25) is 0 Å². The van der Waals surface area contributed by atoms with E-state index in [2.05, 4.69) is 19.2 Å². The molecule has 0 saturated heterocycles. The monoisotopic (exact) mass is 153 g/mol. The molecule has 0 aliphatic carbocycles. The highest BCUT2D eigenvalue weighted by molar-refractivity contribution is 5.79. The van der Waals surface area contributed by atoms with Crippen LogP contribution in [0.1, 0.15) is 39.5 Å². The Bertz CT molecular complexity index is 194. The van der Waals surface area contributed by atoms with Crippen molar-refractivity contribution < 1.29 is 4.79 Å². The van der Waals surface area contributed by atoms with Crippen molar-refractivity contribution in [2.75, 3.05) is 0 Å². The van der Waals surface area contributed by atoms with E-state index in [1.54, 1.807) is 0 Å². The molecule has 0 aromatic rings. The lowest BCUT2D eigenvalue weighted by Crippen LogP contribution is -2.27. The van der Waals surface area contributed by atoms with Crippen molar-refractivity contribution in [3.63, 3.8) is 0 Å². The largest absolute Gasteiger partial charge is 0.330 e. The van der Waals surface area contributed by atoms with Gasteiger partial charge >= 0.3 is 0 Å². The Kier molecular flexibility index (Phi) is 2.69. The molecule has 1 aliphatic heterocycles. The average Bonchev–Trinajstić information content (AvgIpc) is 2.04. The van der Waals surface area contributed by atoms with E-state index < -0.39 is 0 Å². The van der Waals surface area contributed by atoms with Crippen LogP contribution < -0.4 is 5.32 Å². The summed E-state index contributed by atoms with van der Waals surface area (Å²) in [6.07, 6.45) is 3.66. The lowest BCUT2D eigenvalue weighted by molar-refractivity contribution is -0.120. The third kappa shape index (κ3) is 1.82. The van der Waals surface area contributed by atoms with Crippen molar-refractivity contribution in [3.05, 3.63) is 11.3 Å². The molecule has 2 heteroatoms. The van der Waals surface area contributed by atoms with Gasteiger partial charge in [0.1, 0.15) is 0 Å². The van der Waals surface area contributed by atoms with Crippen LogP contribution >= 0.6 is 0 Å². The van der Waals surface area contributed by atoms with Gasteiger partial charge in [0.25, 0.3) is 0 Å². The van der Waals surface area contributed by atoms with E-state index in [1.165, 1.54) is 5.57 Å². The summed E-state index contributed by atoms with van der Waals surface area (Å²) in [5, 5.41) is 2.91. The molecule has 1 rings (SSSR count). The molecule has 0 bridgehead atoms. The number of amides is 1. The number of allylic oxidation sites excluding steroid dienone is 2. The number of nitrogens with one attached hydrogen (secondary N) is 1. The number of hydrogen-bond donors (Lipinski definition) is 1. The van der Waals surface area contributed by atoms with Gasteiger partial charge in [0.2, 0.25) is 5.91 Å². The predicted octanol–water partition coefficient (Wildman–Crippen LogP) is 1.97. The second-order valence-corrected chi connectivity index (χ2v) is 2.84. The van der Waals surface area contributed by atoms with Crippen molar-refractivity contribution >= 4 is 5.91 Å². The molecule has 0 spiro atoms. The van der Waals surface area contributed by atoms with Crippen LogP contribution in [0.15, 0.2) is 11.3 Å². The fourth-order valence-corrected chi connectivity index (χ4v) is 1.46. The Balaban J connectivity index is 2.74. The van der Waals surface area contributed by atoms with Crippen LogP contribution in [0.25, 0.3) is 0 Å². The molecule has 1 amide bonds. The number of hydrogen-bond acceptors (Lipinski definition) is 1. The van der Waals surface area contributed by atoms with Gasteiger partial charge in [0.05, 0.1) is 0 Å². The van der Waals surface area contributed by atoms with Crippen LogP contribution in [-0.4, -0.2) is 5.91 Å². The van der Waals surface area contributed by atoms with Gasteiger partial charge in [-0.3, -0.25) is 4.79 Å². The van der Waals surface area contributed by atoms with E-state index in [9.17, 15) is 4.79 Å². The topological polar surface area (TPSA) is 29.1 Å². The molecular formula is C9H15NO. The van der Waals surface area contributed by atoms with Crippen LogP contribution in [-0.2, 0) is 4.79 Å². The van der Waals surface area contributed by atoms with Crippen molar-refractivity contribution in [2.45, 2.75) is 39.5 Å². The van der Waals surface area contributed by atoms with E-state index in [4.69, 9.17) is 0 Å². The van der Waals surface area contributed by atoms with Crippen molar-refractivity contribution in [1.82, 2.24) is 5.32 Å². The SMILES string of the molecule is CCC1=C(CC)NC(=O)CC1. The van der Waals surface area contributed by atoms with E-state index >= 15 is 0 Å². The Morgan fingerprint density at radius 3 is 2.55 bits per heavy atom. The molecule has 0 unspecified atom stereocenters. The van der Waals surface area contributed by atoms with Gasteiger partial charge < -0.3 is 5.32 Å². The van der Waals surface area contributed by atoms with Gasteiger partial charge in [-0.15, -0.1) is 0 Å². The first kappa shape index (κ1) is 8.31. The van der Waals surface area contributed by atoms with Gasteiger partial charge in [0.15, 0.2) is 0 Å². The maximum absolute atomic E-state index is 10.9. The summed E-state index contributed by atoms with van der Waals surface area (Å²) in [4.78, 5) is 10.9. The smallest absolute Gasteiger partial charge is 0.224 e.